The predicted molar refractivity (Wildman–Crippen MR) is 91.5 cm³/mol. The van der Waals surface area contributed by atoms with Crippen molar-refractivity contribution in [2.75, 3.05) is 18.0 Å². The van der Waals surface area contributed by atoms with Gasteiger partial charge in [-0.25, -0.2) is 15.0 Å². The number of hydrogen-bond donors (Lipinski definition) is 0. The van der Waals surface area contributed by atoms with E-state index in [1.54, 1.807) is 6.33 Å². The summed E-state index contributed by atoms with van der Waals surface area (Å²) in [6.45, 7) is 7.62. The molecule has 0 bridgehead atoms. The first kappa shape index (κ1) is 15.5. The van der Waals surface area contributed by atoms with Crippen molar-refractivity contribution in [2.45, 2.75) is 51.4 Å². The minimum atomic E-state index is 0.526. The van der Waals surface area contributed by atoms with Crippen LogP contribution in [-0.4, -0.2) is 60.8 Å². The highest BCUT2D eigenvalue weighted by Gasteiger charge is 2.45. The number of likely N-dealkylation sites (tertiary alicyclic amines) is 1. The fraction of sp³-hybridized carbons (Fsp3) is 0.647. The smallest absolute Gasteiger partial charge is 0.225 e. The van der Waals surface area contributed by atoms with E-state index in [1.807, 2.05) is 29.5 Å². The Morgan fingerprint density at radius 3 is 2.79 bits per heavy atom. The van der Waals surface area contributed by atoms with Gasteiger partial charge in [0.2, 0.25) is 5.95 Å². The monoisotopic (exact) mass is 327 g/mol. The van der Waals surface area contributed by atoms with E-state index in [0.29, 0.717) is 24.0 Å². The van der Waals surface area contributed by atoms with Crippen LogP contribution in [0.25, 0.3) is 0 Å². The minimum absolute atomic E-state index is 0.526. The number of nitrogens with zero attached hydrogens (tertiary/aromatic N) is 7. The molecule has 0 aliphatic carbocycles. The third-order valence-electron chi connectivity index (χ3n) is 5.37. The zero-order chi connectivity index (χ0) is 16.5. The molecule has 2 aliphatic rings. The van der Waals surface area contributed by atoms with Crippen molar-refractivity contribution in [1.29, 1.82) is 0 Å². The Morgan fingerprint density at radius 1 is 1.25 bits per heavy atom. The summed E-state index contributed by atoms with van der Waals surface area (Å²) >= 11 is 0. The molecule has 0 aromatic carbocycles. The maximum absolute atomic E-state index is 4.43. The summed E-state index contributed by atoms with van der Waals surface area (Å²) in [4.78, 5) is 18.0. The van der Waals surface area contributed by atoms with Crippen molar-refractivity contribution >= 4 is 5.95 Å². The maximum atomic E-state index is 4.43. The number of hydrogen-bond acceptors (Lipinski definition) is 6. The minimum Gasteiger partial charge on any atom is -0.340 e. The Bertz CT molecular complexity index is 642. The lowest BCUT2D eigenvalue weighted by atomic mass is 9.92. The number of piperidine rings is 1. The fourth-order valence-corrected chi connectivity index (χ4v) is 4.54. The second kappa shape index (κ2) is 6.47. The fourth-order valence-electron chi connectivity index (χ4n) is 4.54. The Balaban J connectivity index is 1.50. The highest BCUT2D eigenvalue weighted by atomic mass is 15.4. The highest BCUT2D eigenvalue weighted by Crippen LogP contribution is 2.38. The Kier molecular flexibility index (Phi) is 4.18. The summed E-state index contributed by atoms with van der Waals surface area (Å²) < 4.78 is 1.97. The van der Waals surface area contributed by atoms with Crippen LogP contribution in [0.5, 0.6) is 0 Å². The van der Waals surface area contributed by atoms with E-state index in [4.69, 9.17) is 0 Å². The molecule has 2 aromatic heterocycles. The van der Waals surface area contributed by atoms with Crippen LogP contribution in [0.15, 0.2) is 31.1 Å². The Hall–Kier alpha value is -2.02. The molecule has 2 aromatic rings. The summed E-state index contributed by atoms with van der Waals surface area (Å²) in [5.41, 5.74) is 0. The van der Waals surface area contributed by atoms with Gasteiger partial charge in [-0.1, -0.05) is 0 Å². The van der Waals surface area contributed by atoms with Crippen molar-refractivity contribution in [2.24, 2.45) is 5.92 Å². The molecule has 4 rings (SSSR count). The van der Waals surface area contributed by atoms with Gasteiger partial charge in [-0.3, -0.25) is 9.58 Å². The third kappa shape index (κ3) is 2.88. The average molecular weight is 327 g/mol. The van der Waals surface area contributed by atoms with Gasteiger partial charge in [-0.05, 0) is 38.7 Å². The van der Waals surface area contributed by atoms with Crippen LogP contribution in [0.2, 0.25) is 0 Å². The Labute approximate surface area is 142 Å². The summed E-state index contributed by atoms with van der Waals surface area (Å²) in [6, 6.07) is 3.60. The van der Waals surface area contributed by atoms with Gasteiger partial charge in [0.25, 0.3) is 0 Å². The van der Waals surface area contributed by atoms with Crippen molar-refractivity contribution in [3.8, 4) is 0 Å². The number of rotatable bonds is 4. The van der Waals surface area contributed by atoms with E-state index in [2.05, 4.69) is 43.7 Å². The van der Waals surface area contributed by atoms with Crippen molar-refractivity contribution in [1.82, 2.24) is 29.6 Å². The number of fused-ring (bicyclic) bond motifs is 1. The zero-order valence-corrected chi connectivity index (χ0v) is 14.4. The molecule has 2 aliphatic heterocycles. The molecule has 0 saturated carbocycles. The van der Waals surface area contributed by atoms with Gasteiger partial charge in [-0.15, -0.1) is 0 Å². The molecule has 2 fully saturated rings. The second-order valence-corrected chi connectivity index (χ2v) is 7.16. The van der Waals surface area contributed by atoms with Gasteiger partial charge in [0.1, 0.15) is 12.7 Å². The lowest BCUT2D eigenvalue weighted by Crippen LogP contribution is -2.50. The van der Waals surface area contributed by atoms with Crippen LogP contribution in [0, 0.1) is 5.92 Å². The standard InChI is InChI=1S/C17H25N7/c1-13(2)24-15(10-23-12-18-11-21-23)8-14-9-22(7-4-16(14)24)17-19-5-3-6-20-17/h3,5-6,11-16H,4,7-10H2,1-2H3/t14-,15+,16+/m1/s1. The van der Waals surface area contributed by atoms with Crippen molar-refractivity contribution in [3.05, 3.63) is 31.1 Å². The van der Waals surface area contributed by atoms with Gasteiger partial charge in [0, 0.05) is 43.6 Å². The molecule has 24 heavy (non-hydrogen) atoms. The van der Waals surface area contributed by atoms with Gasteiger partial charge in [0.15, 0.2) is 0 Å². The normalized spacial score (nSPS) is 27.6. The molecule has 0 spiro atoms. The first-order valence-electron chi connectivity index (χ1n) is 8.84. The van der Waals surface area contributed by atoms with Crippen molar-refractivity contribution in [3.63, 3.8) is 0 Å². The van der Waals surface area contributed by atoms with E-state index < -0.39 is 0 Å². The van der Waals surface area contributed by atoms with E-state index in [0.717, 1.165) is 25.6 Å². The van der Waals surface area contributed by atoms with Crippen LogP contribution in [0.3, 0.4) is 0 Å². The zero-order valence-electron chi connectivity index (χ0n) is 14.4. The molecule has 3 atom stereocenters. The summed E-state index contributed by atoms with van der Waals surface area (Å²) in [6.07, 6.45) is 9.48. The van der Waals surface area contributed by atoms with E-state index >= 15 is 0 Å². The SMILES string of the molecule is CC(C)N1[C@H](Cn2cncn2)C[C@@H]2CN(c3ncccn3)CC[C@@H]21. The summed E-state index contributed by atoms with van der Waals surface area (Å²) in [5.74, 6) is 1.53. The van der Waals surface area contributed by atoms with Crippen LogP contribution >= 0.6 is 0 Å². The van der Waals surface area contributed by atoms with Crippen molar-refractivity contribution < 1.29 is 0 Å². The van der Waals surface area contributed by atoms with E-state index in [1.165, 1.54) is 12.8 Å². The average Bonchev–Trinajstić information content (AvgIpc) is 3.22. The molecule has 0 N–H and O–H groups in total. The van der Waals surface area contributed by atoms with Crippen LogP contribution in [0.1, 0.15) is 26.7 Å². The van der Waals surface area contributed by atoms with E-state index in [9.17, 15) is 0 Å². The molecule has 7 heteroatoms. The first-order valence-corrected chi connectivity index (χ1v) is 8.84. The molecule has 7 nitrogen and oxygen atoms in total. The van der Waals surface area contributed by atoms with Gasteiger partial charge >= 0.3 is 0 Å². The molecule has 2 saturated heterocycles. The maximum Gasteiger partial charge on any atom is 0.225 e. The highest BCUT2D eigenvalue weighted by molar-refractivity contribution is 5.30. The quantitative estimate of drug-likeness (QED) is 0.847. The predicted octanol–water partition coefficient (Wildman–Crippen LogP) is 1.45. The summed E-state index contributed by atoms with van der Waals surface area (Å²) in [5, 5.41) is 4.30. The van der Waals surface area contributed by atoms with Gasteiger partial charge < -0.3 is 4.90 Å². The van der Waals surface area contributed by atoms with Crippen LogP contribution in [0.4, 0.5) is 5.95 Å². The topological polar surface area (TPSA) is 63.0 Å². The molecule has 0 unspecified atom stereocenters. The summed E-state index contributed by atoms with van der Waals surface area (Å²) in [7, 11) is 0. The largest absolute Gasteiger partial charge is 0.340 e. The van der Waals surface area contributed by atoms with Crippen LogP contribution < -0.4 is 4.90 Å². The molecule has 0 amide bonds. The molecular weight excluding hydrogens is 302 g/mol. The third-order valence-corrected chi connectivity index (χ3v) is 5.37. The number of aromatic nitrogens is 5. The first-order chi connectivity index (χ1) is 11.7. The molecular formula is C17H25N7. The second-order valence-electron chi connectivity index (χ2n) is 7.16. The number of anilines is 1. The Morgan fingerprint density at radius 2 is 2.08 bits per heavy atom. The molecule has 128 valence electrons. The lowest BCUT2D eigenvalue weighted by molar-refractivity contribution is 0.114. The van der Waals surface area contributed by atoms with Crippen LogP contribution in [-0.2, 0) is 6.54 Å². The van der Waals surface area contributed by atoms with E-state index in [-0.39, 0.29) is 0 Å². The molecule has 0 radical (unpaired) electrons. The van der Waals surface area contributed by atoms with Gasteiger partial charge in [0.05, 0.1) is 6.54 Å². The molecule has 4 heterocycles. The van der Waals surface area contributed by atoms with Gasteiger partial charge in [-0.2, -0.15) is 5.10 Å². The lowest BCUT2D eigenvalue weighted by Gasteiger charge is -2.40.